The fourth-order valence-corrected chi connectivity index (χ4v) is 2.59. The highest BCUT2D eigenvalue weighted by Crippen LogP contribution is 2.16. The summed E-state index contributed by atoms with van der Waals surface area (Å²) >= 11 is 4.71. The first kappa shape index (κ1) is 16.7. The molecular weight excluding hydrogens is 296 g/mol. The lowest BCUT2D eigenvalue weighted by atomic mass is 10.1. The van der Waals surface area contributed by atoms with E-state index in [1.54, 1.807) is 6.21 Å². The highest BCUT2D eigenvalue weighted by atomic mass is 32.1. The first-order valence-electron chi connectivity index (χ1n) is 7.78. The molecule has 1 heterocycles. The van der Waals surface area contributed by atoms with Crippen molar-refractivity contribution in [1.29, 1.82) is 0 Å². The van der Waals surface area contributed by atoms with Crippen LogP contribution in [0.4, 0.5) is 0 Å². The maximum Gasteiger partial charge on any atom is 0.184 e. The van der Waals surface area contributed by atoms with Crippen molar-refractivity contribution in [1.82, 2.24) is 10.3 Å². The van der Waals surface area contributed by atoms with Gasteiger partial charge in [-0.2, -0.15) is 5.10 Å². The minimum atomic E-state index is 0.149. The Hall–Kier alpha value is -1.66. The fourth-order valence-electron chi connectivity index (χ4n) is 2.54. The zero-order chi connectivity index (χ0) is 15.6. The molecule has 0 saturated carbocycles. The van der Waals surface area contributed by atoms with E-state index >= 15 is 0 Å². The smallest absolute Gasteiger partial charge is 0.184 e. The fraction of sp³-hybridized carbons (Fsp3) is 0.500. The molecule has 120 valence electrons. The number of rotatable bonds is 7. The van der Waals surface area contributed by atoms with Crippen LogP contribution in [0.5, 0.6) is 5.75 Å². The van der Waals surface area contributed by atoms with Gasteiger partial charge in [0.05, 0.1) is 12.8 Å². The molecule has 6 heteroatoms. The first-order chi connectivity index (χ1) is 10.8. The largest absolute Gasteiger partial charge is 0.493 e. The summed E-state index contributed by atoms with van der Waals surface area (Å²) in [6.45, 7) is 4.28. The van der Waals surface area contributed by atoms with E-state index in [-0.39, 0.29) is 5.11 Å². The lowest BCUT2D eigenvalue weighted by Crippen LogP contribution is -2.31. The van der Waals surface area contributed by atoms with Crippen molar-refractivity contribution >= 4 is 23.5 Å². The minimum absolute atomic E-state index is 0.149. The van der Waals surface area contributed by atoms with E-state index in [0.717, 1.165) is 24.3 Å². The Morgan fingerprint density at radius 2 is 2.09 bits per heavy atom. The third-order valence-electron chi connectivity index (χ3n) is 3.62. The number of hydrogen-bond donors (Lipinski definition) is 2. The molecule has 1 aliphatic rings. The zero-order valence-corrected chi connectivity index (χ0v) is 13.6. The molecule has 5 nitrogen and oxygen atoms in total. The van der Waals surface area contributed by atoms with Crippen LogP contribution in [-0.4, -0.2) is 42.5 Å². The highest BCUT2D eigenvalue weighted by molar-refractivity contribution is 7.80. The van der Waals surface area contributed by atoms with Gasteiger partial charge >= 0.3 is 0 Å². The van der Waals surface area contributed by atoms with Gasteiger partial charge in [0.25, 0.3) is 0 Å². The van der Waals surface area contributed by atoms with Crippen molar-refractivity contribution in [2.24, 2.45) is 10.8 Å². The van der Waals surface area contributed by atoms with Gasteiger partial charge in [-0.1, -0.05) is 18.6 Å². The molecule has 1 aliphatic heterocycles. The van der Waals surface area contributed by atoms with Crippen molar-refractivity contribution < 1.29 is 4.74 Å². The van der Waals surface area contributed by atoms with E-state index < -0.39 is 0 Å². The molecule has 3 N–H and O–H groups in total. The second kappa shape index (κ2) is 9.38. The maximum absolute atomic E-state index is 5.88. The number of ether oxygens (including phenoxy) is 1. The quantitative estimate of drug-likeness (QED) is 0.349. The summed E-state index contributed by atoms with van der Waals surface area (Å²) in [5.74, 6) is 0.828. The van der Waals surface area contributed by atoms with E-state index in [4.69, 9.17) is 22.7 Å². The Morgan fingerprint density at radius 1 is 1.32 bits per heavy atom. The molecule has 1 saturated heterocycles. The molecule has 2 rings (SSSR count). The third kappa shape index (κ3) is 5.99. The van der Waals surface area contributed by atoms with Crippen LogP contribution in [0.25, 0.3) is 0 Å². The highest BCUT2D eigenvalue weighted by Gasteiger charge is 2.09. The predicted octanol–water partition coefficient (Wildman–Crippen LogP) is 2.11. The van der Waals surface area contributed by atoms with E-state index in [1.165, 1.54) is 32.4 Å². The number of nitrogens with zero attached hydrogens (tertiary/aromatic N) is 2. The number of likely N-dealkylation sites (tertiary alicyclic amines) is 1. The van der Waals surface area contributed by atoms with Gasteiger partial charge in [0, 0.05) is 12.1 Å². The van der Waals surface area contributed by atoms with Crippen LogP contribution in [0.3, 0.4) is 0 Å². The summed E-state index contributed by atoms with van der Waals surface area (Å²) in [5, 5.41) is 4.12. The van der Waals surface area contributed by atoms with Gasteiger partial charge in [0.2, 0.25) is 0 Å². The summed E-state index contributed by atoms with van der Waals surface area (Å²) in [6, 6.07) is 7.80. The van der Waals surface area contributed by atoms with E-state index in [0.29, 0.717) is 6.61 Å². The Bertz CT molecular complexity index is 501. The van der Waals surface area contributed by atoms with Gasteiger partial charge in [-0.25, -0.2) is 0 Å². The Labute approximate surface area is 137 Å². The normalized spacial score (nSPS) is 15.8. The third-order valence-corrected chi connectivity index (χ3v) is 3.71. The number of piperidine rings is 1. The van der Waals surface area contributed by atoms with Crippen molar-refractivity contribution in [3.05, 3.63) is 29.8 Å². The lowest BCUT2D eigenvalue weighted by molar-refractivity contribution is 0.205. The van der Waals surface area contributed by atoms with Crippen LogP contribution in [0, 0.1) is 0 Å². The monoisotopic (exact) mass is 320 g/mol. The minimum Gasteiger partial charge on any atom is -0.493 e. The van der Waals surface area contributed by atoms with Crippen LogP contribution in [0.2, 0.25) is 0 Å². The van der Waals surface area contributed by atoms with Crippen LogP contribution in [0.1, 0.15) is 31.2 Å². The topological polar surface area (TPSA) is 62.9 Å². The standard InChI is InChI=1S/C16H24N4OS/c17-16(22)19-18-13-14-7-2-3-8-15(14)21-12-6-11-20-9-4-1-5-10-20/h2-3,7-8,13H,1,4-6,9-12H2,(H3,17,19,22). The van der Waals surface area contributed by atoms with Gasteiger partial charge in [0.1, 0.15) is 5.75 Å². The number of hydrogen-bond acceptors (Lipinski definition) is 4. The summed E-state index contributed by atoms with van der Waals surface area (Å²) in [7, 11) is 0. The van der Waals surface area contributed by atoms with Gasteiger partial charge < -0.3 is 15.4 Å². The van der Waals surface area contributed by atoms with Gasteiger partial charge in [-0.3, -0.25) is 5.43 Å². The molecule has 0 spiro atoms. The number of nitrogens with two attached hydrogens (primary N) is 1. The molecule has 1 aromatic carbocycles. The molecule has 0 aromatic heterocycles. The Balaban J connectivity index is 1.76. The Kier molecular flexibility index (Phi) is 7.12. The maximum atomic E-state index is 5.88. The van der Waals surface area contributed by atoms with Gasteiger partial charge in [0.15, 0.2) is 5.11 Å². The first-order valence-corrected chi connectivity index (χ1v) is 8.19. The number of benzene rings is 1. The van der Waals surface area contributed by atoms with E-state index in [2.05, 4.69) is 15.4 Å². The predicted molar refractivity (Wildman–Crippen MR) is 94.4 cm³/mol. The summed E-state index contributed by atoms with van der Waals surface area (Å²) in [4.78, 5) is 2.52. The molecule has 0 bridgehead atoms. The lowest BCUT2D eigenvalue weighted by Gasteiger charge is -2.26. The molecule has 0 unspecified atom stereocenters. The van der Waals surface area contributed by atoms with Crippen LogP contribution in [0.15, 0.2) is 29.4 Å². The average molecular weight is 320 g/mol. The molecule has 1 aromatic rings. The number of thiocarbonyl (C=S) groups is 1. The number of nitrogens with one attached hydrogen (secondary N) is 1. The number of hydrazone groups is 1. The summed E-state index contributed by atoms with van der Waals surface area (Å²) < 4.78 is 5.88. The summed E-state index contributed by atoms with van der Waals surface area (Å²) in [6.07, 6.45) is 6.74. The second-order valence-corrected chi connectivity index (χ2v) is 5.82. The molecule has 0 amide bonds. The molecular formula is C16H24N4OS. The molecule has 0 aliphatic carbocycles. The molecule has 0 radical (unpaired) electrons. The van der Waals surface area contributed by atoms with Gasteiger partial charge in [-0.05, 0) is 56.7 Å². The van der Waals surface area contributed by atoms with Crippen molar-refractivity contribution in [2.75, 3.05) is 26.2 Å². The van der Waals surface area contributed by atoms with Crippen molar-refractivity contribution in [2.45, 2.75) is 25.7 Å². The van der Waals surface area contributed by atoms with Gasteiger partial charge in [-0.15, -0.1) is 0 Å². The Morgan fingerprint density at radius 3 is 2.86 bits per heavy atom. The zero-order valence-electron chi connectivity index (χ0n) is 12.8. The van der Waals surface area contributed by atoms with E-state index in [9.17, 15) is 0 Å². The van der Waals surface area contributed by atoms with E-state index in [1.807, 2.05) is 24.3 Å². The second-order valence-electron chi connectivity index (χ2n) is 5.38. The van der Waals surface area contributed by atoms with Crippen LogP contribution >= 0.6 is 12.2 Å². The molecule has 1 fully saturated rings. The van der Waals surface area contributed by atoms with Crippen LogP contribution < -0.4 is 15.9 Å². The molecule has 0 atom stereocenters. The SMILES string of the molecule is NC(=S)NN=Cc1ccccc1OCCCN1CCCCC1. The number of para-hydroxylation sites is 1. The van der Waals surface area contributed by atoms with Crippen molar-refractivity contribution in [3.63, 3.8) is 0 Å². The molecule has 22 heavy (non-hydrogen) atoms. The van der Waals surface area contributed by atoms with Crippen LogP contribution in [-0.2, 0) is 0 Å². The average Bonchev–Trinajstić information content (AvgIpc) is 2.53. The summed E-state index contributed by atoms with van der Waals surface area (Å²) in [5.41, 5.74) is 8.79. The van der Waals surface area contributed by atoms with Crippen molar-refractivity contribution in [3.8, 4) is 5.75 Å².